The van der Waals surface area contributed by atoms with E-state index in [4.69, 9.17) is 9.47 Å². The Labute approximate surface area is 134 Å². The minimum atomic E-state index is -1.39. The van der Waals surface area contributed by atoms with E-state index in [-0.39, 0.29) is 12.2 Å². The van der Waals surface area contributed by atoms with Crippen molar-refractivity contribution in [3.63, 3.8) is 0 Å². The molecule has 1 aromatic carbocycles. The molecule has 0 spiro atoms. The summed E-state index contributed by atoms with van der Waals surface area (Å²) in [6.45, 7) is 1.50. The van der Waals surface area contributed by atoms with Crippen LogP contribution in [-0.2, 0) is 9.47 Å². The Kier molecular flexibility index (Phi) is 5.38. The fourth-order valence-corrected chi connectivity index (χ4v) is 3.27. The molecule has 1 aromatic rings. The minimum Gasteiger partial charge on any atom is -0.352 e. The molecule has 0 aromatic heterocycles. The lowest BCUT2D eigenvalue weighted by atomic mass is 9.81. The standard InChI is InChI=1S/C18H21F3O2/c19-15-10-14(11-16(20)18(15)21)13-5-2-12(3-6-13)4-7-17-22-8-1-9-23-17/h4,10-11,13,17H,1-3,5-9H2. The summed E-state index contributed by atoms with van der Waals surface area (Å²) in [6, 6.07) is 2.25. The van der Waals surface area contributed by atoms with Crippen LogP contribution in [0.3, 0.4) is 0 Å². The van der Waals surface area contributed by atoms with Gasteiger partial charge in [0.1, 0.15) is 0 Å². The van der Waals surface area contributed by atoms with Gasteiger partial charge in [-0.15, -0.1) is 0 Å². The Morgan fingerprint density at radius 2 is 1.61 bits per heavy atom. The van der Waals surface area contributed by atoms with Crippen LogP contribution in [-0.4, -0.2) is 19.5 Å². The molecule has 3 rings (SSSR count). The van der Waals surface area contributed by atoms with Gasteiger partial charge in [-0.05, 0) is 55.7 Å². The van der Waals surface area contributed by atoms with E-state index in [9.17, 15) is 13.2 Å². The number of rotatable bonds is 3. The maximum Gasteiger partial charge on any atom is 0.194 e. The molecule has 23 heavy (non-hydrogen) atoms. The average molecular weight is 326 g/mol. The highest BCUT2D eigenvalue weighted by atomic mass is 19.2. The first-order chi connectivity index (χ1) is 11.1. The van der Waals surface area contributed by atoms with Crippen molar-refractivity contribution in [3.05, 3.63) is 46.8 Å². The average Bonchev–Trinajstić information content (AvgIpc) is 2.59. The van der Waals surface area contributed by atoms with Crippen LogP contribution in [0.15, 0.2) is 23.8 Å². The number of benzene rings is 1. The van der Waals surface area contributed by atoms with Crippen LogP contribution in [0.2, 0.25) is 0 Å². The van der Waals surface area contributed by atoms with Crippen molar-refractivity contribution in [1.29, 1.82) is 0 Å². The molecule has 0 N–H and O–H groups in total. The summed E-state index contributed by atoms with van der Waals surface area (Å²) >= 11 is 0. The van der Waals surface area contributed by atoms with Gasteiger partial charge in [-0.25, -0.2) is 13.2 Å². The minimum absolute atomic E-state index is 0.0823. The van der Waals surface area contributed by atoms with Gasteiger partial charge in [0, 0.05) is 6.42 Å². The van der Waals surface area contributed by atoms with E-state index in [1.807, 2.05) is 0 Å². The fourth-order valence-electron chi connectivity index (χ4n) is 3.27. The predicted octanol–water partition coefficient (Wildman–Crippen LogP) is 4.84. The van der Waals surface area contributed by atoms with Crippen molar-refractivity contribution in [1.82, 2.24) is 0 Å². The van der Waals surface area contributed by atoms with Gasteiger partial charge in [0.05, 0.1) is 13.2 Å². The van der Waals surface area contributed by atoms with Crippen molar-refractivity contribution in [3.8, 4) is 0 Å². The Hall–Kier alpha value is -1.33. The molecule has 0 radical (unpaired) electrons. The second-order valence-corrected chi connectivity index (χ2v) is 6.20. The maximum atomic E-state index is 13.3. The fraction of sp³-hybridized carbons (Fsp3) is 0.556. The molecule has 126 valence electrons. The van der Waals surface area contributed by atoms with Gasteiger partial charge in [0.25, 0.3) is 0 Å². The number of halogens is 3. The van der Waals surface area contributed by atoms with Gasteiger partial charge >= 0.3 is 0 Å². The first kappa shape index (κ1) is 16.5. The number of ether oxygens (including phenoxy) is 2. The first-order valence-corrected chi connectivity index (χ1v) is 8.19. The quantitative estimate of drug-likeness (QED) is 0.584. The van der Waals surface area contributed by atoms with Crippen LogP contribution in [0.25, 0.3) is 0 Å². The van der Waals surface area contributed by atoms with E-state index in [0.717, 1.165) is 63.9 Å². The zero-order chi connectivity index (χ0) is 16.2. The second-order valence-electron chi connectivity index (χ2n) is 6.20. The molecule has 2 fully saturated rings. The van der Waals surface area contributed by atoms with E-state index in [2.05, 4.69) is 6.08 Å². The first-order valence-electron chi connectivity index (χ1n) is 8.19. The molecule has 2 aliphatic rings. The lowest BCUT2D eigenvalue weighted by molar-refractivity contribution is -0.175. The molecule has 0 bridgehead atoms. The van der Waals surface area contributed by atoms with Crippen molar-refractivity contribution in [2.24, 2.45) is 0 Å². The largest absolute Gasteiger partial charge is 0.352 e. The van der Waals surface area contributed by atoms with Crippen LogP contribution in [0.5, 0.6) is 0 Å². The predicted molar refractivity (Wildman–Crippen MR) is 80.5 cm³/mol. The summed E-state index contributed by atoms with van der Waals surface area (Å²) < 4.78 is 50.7. The van der Waals surface area contributed by atoms with Crippen molar-refractivity contribution >= 4 is 0 Å². The molecule has 5 heteroatoms. The molecule has 1 heterocycles. The third-order valence-corrected chi connectivity index (χ3v) is 4.60. The topological polar surface area (TPSA) is 18.5 Å². The summed E-state index contributed by atoms with van der Waals surface area (Å²) in [5.74, 6) is -3.52. The van der Waals surface area contributed by atoms with E-state index in [1.54, 1.807) is 0 Å². The Balaban J connectivity index is 1.55. The summed E-state index contributed by atoms with van der Waals surface area (Å²) in [5, 5.41) is 0. The monoisotopic (exact) mass is 326 g/mol. The Bertz CT molecular complexity index is 547. The van der Waals surface area contributed by atoms with Crippen LogP contribution in [0, 0.1) is 17.5 Å². The molecule has 1 saturated heterocycles. The smallest absolute Gasteiger partial charge is 0.194 e. The lowest BCUT2D eigenvalue weighted by Crippen LogP contribution is -2.24. The summed E-state index contributed by atoms with van der Waals surface area (Å²) in [4.78, 5) is 0. The van der Waals surface area contributed by atoms with Gasteiger partial charge in [-0.2, -0.15) is 0 Å². The van der Waals surface area contributed by atoms with Crippen LogP contribution >= 0.6 is 0 Å². The molecular weight excluding hydrogens is 305 g/mol. The van der Waals surface area contributed by atoms with E-state index >= 15 is 0 Å². The third-order valence-electron chi connectivity index (χ3n) is 4.60. The van der Waals surface area contributed by atoms with Crippen molar-refractivity contribution < 1.29 is 22.6 Å². The van der Waals surface area contributed by atoms with Crippen LogP contribution < -0.4 is 0 Å². The zero-order valence-corrected chi connectivity index (χ0v) is 13.0. The third kappa shape index (κ3) is 4.15. The van der Waals surface area contributed by atoms with Gasteiger partial charge in [0.2, 0.25) is 0 Å². The highest BCUT2D eigenvalue weighted by Crippen LogP contribution is 2.36. The summed E-state index contributed by atoms with van der Waals surface area (Å²) in [5.41, 5.74) is 1.89. The molecule has 1 aliphatic heterocycles. The van der Waals surface area contributed by atoms with Gasteiger partial charge in [0.15, 0.2) is 23.7 Å². The second kappa shape index (κ2) is 7.49. The van der Waals surface area contributed by atoms with E-state index in [0.29, 0.717) is 5.56 Å². The van der Waals surface area contributed by atoms with Gasteiger partial charge in [-0.3, -0.25) is 0 Å². The molecule has 1 saturated carbocycles. The zero-order valence-electron chi connectivity index (χ0n) is 13.0. The van der Waals surface area contributed by atoms with Crippen LogP contribution in [0.4, 0.5) is 13.2 Å². The van der Waals surface area contributed by atoms with Gasteiger partial charge in [-0.1, -0.05) is 11.6 Å². The normalized spacial score (nSPS) is 23.1. The molecule has 0 unspecified atom stereocenters. The van der Waals surface area contributed by atoms with Crippen LogP contribution in [0.1, 0.15) is 50.0 Å². The highest BCUT2D eigenvalue weighted by molar-refractivity contribution is 5.25. The Morgan fingerprint density at radius 3 is 2.22 bits per heavy atom. The molecule has 1 aliphatic carbocycles. The summed E-state index contributed by atoms with van der Waals surface area (Å²) in [6.07, 6.45) is 7.13. The van der Waals surface area contributed by atoms with Crippen molar-refractivity contribution in [2.75, 3.05) is 13.2 Å². The Morgan fingerprint density at radius 1 is 1.00 bits per heavy atom. The number of allylic oxidation sites excluding steroid dienone is 1. The van der Waals surface area contributed by atoms with E-state index < -0.39 is 17.5 Å². The lowest BCUT2D eigenvalue weighted by Gasteiger charge is -2.26. The molecular formula is C18H21F3O2. The highest BCUT2D eigenvalue weighted by Gasteiger charge is 2.22. The van der Waals surface area contributed by atoms with E-state index in [1.165, 1.54) is 5.57 Å². The molecule has 2 nitrogen and oxygen atoms in total. The van der Waals surface area contributed by atoms with Gasteiger partial charge < -0.3 is 9.47 Å². The molecule has 0 amide bonds. The SMILES string of the molecule is Fc1cc(C2CCC(=CCC3OCCCO3)CC2)cc(F)c1F. The summed E-state index contributed by atoms with van der Waals surface area (Å²) in [7, 11) is 0. The molecule has 0 atom stereocenters. The number of hydrogen-bond acceptors (Lipinski definition) is 2. The number of hydrogen-bond donors (Lipinski definition) is 0. The van der Waals surface area contributed by atoms with Crippen molar-refractivity contribution in [2.45, 2.75) is 50.7 Å². The maximum absolute atomic E-state index is 13.3.